The van der Waals surface area contributed by atoms with Crippen molar-refractivity contribution in [2.24, 2.45) is 11.3 Å². The average molecular weight is 231 g/mol. The third-order valence-corrected chi connectivity index (χ3v) is 4.67. The molecule has 1 N–H and O–H groups in total. The van der Waals surface area contributed by atoms with Crippen molar-refractivity contribution < 1.29 is 5.11 Å². The van der Waals surface area contributed by atoms with E-state index in [1.165, 1.54) is 31.4 Å². The molecule has 2 atom stereocenters. The van der Waals surface area contributed by atoms with E-state index in [4.69, 9.17) is 0 Å². The van der Waals surface area contributed by atoms with Crippen molar-refractivity contribution in [2.45, 2.75) is 25.8 Å². The lowest BCUT2D eigenvalue weighted by molar-refractivity contribution is 0.111. The molecule has 3 rings (SSSR count). The summed E-state index contributed by atoms with van der Waals surface area (Å²) in [6.45, 7) is 3.68. The summed E-state index contributed by atoms with van der Waals surface area (Å²) < 4.78 is 0. The third kappa shape index (κ3) is 2.00. The Morgan fingerprint density at radius 1 is 1.29 bits per heavy atom. The van der Waals surface area contributed by atoms with Crippen LogP contribution in [0.15, 0.2) is 30.3 Å². The highest BCUT2D eigenvalue weighted by Gasteiger charge is 2.48. The summed E-state index contributed by atoms with van der Waals surface area (Å²) in [6, 6.07) is 10.7. The maximum absolute atomic E-state index is 9.68. The standard InChI is InChI=1S/C15H21NO/c17-12-15-8-4-7-14(15)10-16(11-15)9-13-5-2-1-3-6-13/h1-3,5-6,14,17H,4,7-12H2. The Bertz CT molecular complexity index is 378. The van der Waals surface area contributed by atoms with Gasteiger partial charge in [-0.05, 0) is 24.3 Å². The molecule has 2 fully saturated rings. The van der Waals surface area contributed by atoms with Gasteiger partial charge in [0, 0.05) is 25.0 Å². The first-order chi connectivity index (χ1) is 8.32. The van der Waals surface area contributed by atoms with E-state index >= 15 is 0 Å². The molecule has 1 aliphatic carbocycles. The summed E-state index contributed by atoms with van der Waals surface area (Å²) in [7, 11) is 0. The molecule has 0 bridgehead atoms. The van der Waals surface area contributed by atoms with Crippen LogP contribution in [0.4, 0.5) is 0 Å². The summed E-state index contributed by atoms with van der Waals surface area (Å²) in [5, 5.41) is 9.68. The van der Waals surface area contributed by atoms with E-state index in [2.05, 4.69) is 35.2 Å². The zero-order valence-corrected chi connectivity index (χ0v) is 10.3. The lowest BCUT2D eigenvalue weighted by atomic mass is 9.82. The molecular weight excluding hydrogens is 210 g/mol. The molecule has 17 heavy (non-hydrogen) atoms. The Morgan fingerprint density at radius 2 is 2.12 bits per heavy atom. The van der Waals surface area contributed by atoms with Crippen molar-refractivity contribution in [3.63, 3.8) is 0 Å². The molecule has 0 aromatic heterocycles. The molecule has 92 valence electrons. The normalized spacial score (nSPS) is 32.9. The fraction of sp³-hybridized carbons (Fsp3) is 0.600. The molecule has 2 nitrogen and oxygen atoms in total. The Balaban J connectivity index is 1.68. The van der Waals surface area contributed by atoms with Gasteiger partial charge in [0.15, 0.2) is 0 Å². The molecule has 0 amide bonds. The number of aliphatic hydroxyl groups excluding tert-OH is 1. The number of hydrogen-bond acceptors (Lipinski definition) is 2. The van der Waals surface area contributed by atoms with Crippen molar-refractivity contribution in [2.75, 3.05) is 19.7 Å². The van der Waals surface area contributed by atoms with E-state index in [0.717, 1.165) is 19.0 Å². The fourth-order valence-corrected chi connectivity index (χ4v) is 3.75. The fourth-order valence-electron chi connectivity index (χ4n) is 3.75. The Kier molecular flexibility index (Phi) is 2.93. The van der Waals surface area contributed by atoms with Crippen molar-refractivity contribution in [1.29, 1.82) is 0 Å². The maximum Gasteiger partial charge on any atom is 0.0502 e. The van der Waals surface area contributed by atoms with Crippen LogP contribution in [0.1, 0.15) is 24.8 Å². The lowest BCUT2D eigenvalue weighted by Gasteiger charge is -2.26. The molecule has 1 saturated heterocycles. The van der Waals surface area contributed by atoms with Gasteiger partial charge in [0.1, 0.15) is 0 Å². The predicted molar refractivity (Wildman–Crippen MR) is 68.6 cm³/mol. The van der Waals surface area contributed by atoms with Crippen LogP contribution in [0.5, 0.6) is 0 Å². The Morgan fingerprint density at radius 3 is 2.82 bits per heavy atom. The van der Waals surface area contributed by atoms with Gasteiger partial charge in [0.2, 0.25) is 0 Å². The van der Waals surface area contributed by atoms with Crippen LogP contribution in [0.2, 0.25) is 0 Å². The smallest absolute Gasteiger partial charge is 0.0502 e. The number of hydrogen-bond donors (Lipinski definition) is 1. The first kappa shape index (κ1) is 11.2. The highest BCUT2D eigenvalue weighted by molar-refractivity contribution is 5.15. The number of benzene rings is 1. The van der Waals surface area contributed by atoms with E-state index in [1.54, 1.807) is 0 Å². The predicted octanol–water partition coefficient (Wildman–Crippen LogP) is 2.28. The van der Waals surface area contributed by atoms with Gasteiger partial charge in [-0.25, -0.2) is 0 Å². The topological polar surface area (TPSA) is 23.5 Å². The van der Waals surface area contributed by atoms with Gasteiger partial charge in [0.05, 0.1) is 6.61 Å². The van der Waals surface area contributed by atoms with Gasteiger partial charge in [-0.3, -0.25) is 4.90 Å². The molecule has 1 aliphatic heterocycles. The Labute approximate surface area is 103 Å². The number of nitrogens with zero attached hydrogens (tertiary/aromatic N) is 1. The van der Waals surface area contributed by atoms with Gasteiger partial charge >= 0.3 is 0 Å². The number of rotatable bonds is 3. The van der Waals surface area contributed by atoms with Gasteiger partial charge < -0.3 is 5.11 Å². The molecule has 1 heterocycles. The van der Waals surface area contributed by atoms with Crippen LogP contribution in [-0.4, -0.2) is 29.7 Å². The molecular formula is C15H21NO. The van der Waals surface area contributed by atoms with Gasteiger partial charge in [-0.1, -0.05) is 36.8 Å². The average Bonchev–Trinajstić information content (AvgIpc) is 2.87. The molecule has 1 aromatic rings. The molecule has 0 radical (unpaired) electrons. The van der Waals surface area contributed by atoms with Crippen molar-refractivity contribution in [3.8, 4) is 0 Å². The summed E-state index contributed by atoms with van der Waals surface area (Å²) in [5.41, 5.74) is 1.62. The third-order valence-electron chi connectivity index (χ3n) is 4.67. The number of likely N-dealkylation sites (tertiary alicyclic amines) is 1. The van der Waals surface area contributed by atoms with Crippen LogP contribution in [0.25, 0.3) is 0 Å². The first-order valence-corrected chi connectivity index (χ1v) is 6.69. The minimum atomic E-state index is 0.231. The second kappa shape index (κ2) is 4.43. The van der Waals surface area contributed by atoms with Crippen LogP contribution in [0.3, 0.4) is 0 Å². The van der Waals surface area contributed by atoms with Crippen LogP contribution in [0, 0.1) is 11.3 Å². The van der Waals surface area contributed by atoms with Gasteiger partial charge in [0.25, 0.3) is 0 Å². The van der Waals surface area contributed by atoms with Crippen LogP contribution >= 0.6 is 0 Å². The minimum Gasteiger partial charge on any atom is -0.396 e. The molecule has 2 aliphatic rings. The van der Waals surface area contributed by atoms with Crippen molar-refractivity contribution in [1.82, 2.24) is 4.90 Å². The van der Waals surface area contributed by atoms with Gasteiger partial charge in [-0.15, -0.1) is 0 Å². The second-order valence-corrected chi connectivity index (χ2v) is 5.76. The largest absolute Gasteiger partial charge is 0.396 e. The van der Waals surface area contributed by atoms with E-state index in [1.807, 2.05) is 0 Å². The molecule has 2 unspecified atom stereocenters. The molecule has 0 spiro atoms. The monoisotopic (exact) mass is 231 g/mol. The first-order valence-electron chi connectivity index (χ1n) is 6.69. The summed E-state index contributed by atoms with van der Waals surface area (Å²) >= 11 is 0. The summed E-state index contributed by atoms with van der Waals surface area (Å²) in [6.07, 6.45) is 3.84. The van der Waals surface area contributed by atoms with E-state index in [0.29, 0.717) is 6.61 Å². The highest BCUT2D eigenvalue weighted by atomic mass is 16.3. The minimum absolute atomic E-state index is 0.231. The van der Waals surface area contributed by atoms with Gasteiger partial charge in [-0.2, -0.15) is 0 Å². The lowest BCUT2D eigenvalue weighted by Crippen LogP contribution is -2.30. The van der Waals surface area contributed by atoms with Crippen molar-refractivity contribution >= 4 is 0 Å². The van der Waals surface area contributed by atoms with E-state index in [-0.39, 0.29) is 5.41 Å². The zero-order valence-electron chi connectivity index (χ0n) is 10.3. The van der Waals surface area contributed by atoms with Crippen LogP contribution < -0.4 is 0 Å². The molecule has 1 saturated carbocycles. The zero-order chi connectivity index (χ0) is 11.7. The number of fused-ring (bicyclic) bond motifs is 1. The van der Waals surface area contributed by atoms with E-state index in [9.17, 15) is 5.11 Å². The summed E-state index contributed by atoms with van der Waals surface area (Å²) in [4.78, 5) is 2.52. The maximum atomic E-state index is 9.68. The quantitative estimate of drug-likeness (QED) is 0.862. The molecule has 1 aromatic carbocycles. The summed E-state index contributed by atoms with van der Waals surface area (Å²) in [5.74, 6) is 0.733. The molecule has 2 heteroatoms. The SMILES string of the molecule is OCC12CCCC1CN(Cc1ccccc1)C2. The van der Waals surface area contributed by atoms with Crippen LogP contribution in [-0.2, 0) is 6.54 Å². The highest BCUT2D eigenvalue weighted by Crippen LogP contribution is 2.48. The number of aliphatic hydroxyl groups is 1. The Hall–Kier alpha value is -0.860. The van der Waals surface area contributed by atoms with Crippen molar-refractivity contribution in [3.05, 3.63) is 35.9 Å². The second-order valence-electron chi connectivity index (χ2n) is 5.76. The van der Waals surface area contributed by atoms with E-state index < -0.39 is 0 Å².